The van der Waals surface area contributed by atoms with Gasteiger partial charge in [-0.15, -0.1) is 0 Å². The molecule has 1 unspecified atom stereocenters. The first-order valence-electron chi connectivity index (χ1n) is 8.60. The van der Waals surface area contributed by atoms with Crippen LogP contribution in [0.4, 0.5) is 4.79 Å². The lowest BCUT2D eigenvalue weighted by Gasteiger charge is -2.31. The van der Waals surface area contributed by atoms with Crippen molar-refractivity contribution in [1.29, 1.82) is 0 Å². The summed E-state index contributed by atoms with van der Waals surface area (Å²) in [5.41, 5.74) is 1.15. The van der Waals surface area contributed by atoms with E-state index in [1.54, 1.807) is 6.92 Å². The molecule has 0 saturated carbocycles. The van der Waals surface area contributed by atoms with Gasteiger partial charge in [-0.05, 0) is 44.7 Å². The van der Waals surface area contributed by atoms with E-state index in [0.29, 0.717) is 25.9 Å². The number of rotatable bonds is 6. The van der Waals surface area contributed by atoms with Crippen molar-refractivity contribution >= 4 is 32.0 Å². The molecule has 140 valence electrons. The second-order valence-corrected chi connectivity index (χ2v) is 9.50. The van der Waals surface area contributed by atoms with Crippen LogP contribution < -0.4 is 10.6 Å². The van der Waals surface area contributed by atoms with Crippen molar-refractivity contribution < 1.29 is 13.2 Å². The van der Waals surface area contributed by atoms with Gasteiger partial charge in [0.05, 0.1) is 5.75 Å². The number of halogens is 1. The van der Waals surface area contributed by atoms with Crippen LogP contribution in [0.5, 0.6) is 0 Å². The van der Waals surface area contributed by atoms with Crippen molar-refractivity contribution in [2.45, 2.75) is 45.2 Å². The van der Waals surface area contributed by atoms with Gasteiger partial charge in [-0.25, -0.2) is 17.5 Å². The number of benzene rings is 1. The Hall–Kier alpha value is -1.12. The number of piperidine rings is 1. The Kier molecular flexibility index (Phi) is 7.27. The van der Waals surface area contributed by atoms with Gasteiger partial charge in [-0.1, -0.05) is 34.1 Å². The van der Waals surface area contributed by atoms with E-state index in [2.05, 4.69) is 26.6 Å². The Morgan fingerprint density at radius 2 is 1.96 bits per heavy atom. The molecule has 1 saturated heterocycles. The summed E-state index contributed by atoms with van der Waals surface area (Å²) in [5, 5.41) is 5.91. The summed E-state index contributed by atoms with van der Waals surface area (Å²) in [7, 11) is -3.13. The van der Waals surface area contributed by atoms with Crippen LogP contribution in [0.1, 0.15) is 32.3 Å². The average molecular weight is 432 g/mol. The predicted octanol–water partition coefficient (Wildman–Crippen LogP) is 2.49. The van der Waals surface area contributed by atoms with E-state index in [4.69, 9.17) is 0 Å². The third-order valence-electron chi connectivity index (χ3n) is 4.41. The van der Waals surface area contributed by atoms with Gasteiger partial charge in [0.25, 0.3) is 0 Å². The fourth-order valence-corrected chi connectivity index (χ4v) is 4.54. The van der Waals surface area contributed by atoms with Crippen LogP contribution in [0.25, 0.3) is 0 Å². The maximum atomic E-state index is 12.2. The molecular weight excluding hydrogens is 406 g/mol. The average Bonchev–Trinajstić information content (AvgIpc) is 2.57. The topological polar surface area (TPSA) is 78.5 Å². The summed E-state index contributed by atoms with van der Waals surface area (Å²) >= 11 is 3.52. The SMILES string of the molecule is CCS(=O)(=O)N1CCC(NC(=O)NC(C)Cc2ccccc2Br)CC1. The zero-order chi connectivity index (χ0) is 18.4. The predicted molar refractivity (Wildman–Crippen MR) is 103 cm³/mol. The number of nitrogens with zero attached hydrogens (tertiary/aromatic N) is 1. The van der Waals surface area contributed by atoms with Crippen molar-refractivity contribution in [3.05, 3.63) is 34.3 Å². The molecule has 0 spiro atoms. The lowest BCUT2D eigenvalue weighted by Crippen LogP contribution is -2.50. The van der Waals surface area contributed by atoms with Gasteiger partial charge in [0.2, 0.25) is 10.0 Å². The summed E-state index contributed by atoms with van der Waals surface area (Å²) in [6, 6.07) is 7.77. The molecule has 2 N–H and O–H groups in total. The van der Waals surface area contributed by atoms with E-state index in [-0.39, 0.29) is 23.9 Å². The molecule has 2 amide bonds. The molecule has 8 heteroatoms. The minimum Gasteiger partial charge on any atom is -0.335 e. The highest BCUT2D eigenvalue weighted by atomic mass is 79.9. The first-order valence-corrected chi connectivity index (χ1v) is 11.0. The number of amides is 2. The minimum atomic E-state index is -3.13. The van der Waals surface area contributed by atoms with Crippen LogP contribution >= 0.6 is 15.9 Å². The van der Waals surface area contributed by atoms with E-state index >= 15 is 0 Å². The summed E-state index contributed by atoms with van der Waals surface area (Å²) in [4.78, 5) is 12.2. The molecule has 1 aliphatic heterocycles. The lowest BCUT2D eigenvalue weighted by molar-refractivity contribution is 0.224. The maximum Gasteiger partial charge on any atom is 0.315 e. The fourth-order valence-electron chi connectivity index (χ4n) is 2.96. The van der Waals surface area contributed by atoms with Gasteiger partial charge >= 0.3 is 6.03 Å². The van der Waals surface area contributed by atoms with Crippen molar-refractivity contribution in [2.75, 3.05) is 18.8 Å². The number of sulfonamides is 1. The molecule has 0 aromatic heterocycles. The Morgan fingerprint density at radius 3 is 2.56 bits per heavy atom. The Balaban J connectivity index is 1.77. The molecular formula is C17H26BrN3O3S. The molecule has 0 bridgehead atoms. The van der Waals surface area contributed by atoms with E-state index < -0.39 is 10.0 Å². The van der Waals surface area contributed by atoms with Crippen LogP contribution in [0.2, 0.25) is 0 Å². The number of urea groups is 1. The smallest absolute Gasteiger partial charge is 0.315 e. The molecule has 1 fully saturated rings. The van der Waals surface area contributed by atoms with E-state index in [1.165, 1.54) is 4.31 Å². The van der Waals surface area contributed by atoms with E-state index in [9.17, 15) is 13.2 Å². The number of hydrogen-bond acceptors (Lipinski definition) is 3. The molecule has 1 aromatic carbocycles. The standard InChI is InChI=1S/C17H26BrN3O3S/c1-3-25(23,24)21-10-8-15(9-11-21)20-17(22)19-13(2)12-14-6-4-5-7-16(14)18/h4-7,13,15H,3,8-12H2,1-2H3,(H2,19,20,22). The monoisotopic (exact) mass is 431 g/mol. The summed E-state index contributed by atoms with van der Waals surface area (Å²) in [6.07, 6.45) is 2.03. The quantitative estimate of drug-likeness (QED) is 0.725. The summed E-state index contributed by atoms with van der Waals surface area (Å²) in [6.45, 7) is 4.55. The first kappa shape index (κ1) is 20.2. The highest BCUT2D eigenvalue weighted by Crippen LogP contribution is 2.17. The highest BCUT2D eigenvalue weighted by Gasteiger charge is 2.27. The third-order valence-corrected chi connectivity index (χ3v) is 7.06. The lowest BCUT2D eigenvalue weighted by atomic mass is 10.1. The van der Waals surface area contributed by atoms with Gasteiger partial charge in [-0.2, -0.15) is 0 Å². The number of carbonyl (C=O) groups is 1. The van der Waals surface area contributed by atoms with Crippen LogP contribution in [-0.2, 0) is 16.4 Å². The number of nitrogens with one attached hydrogen (secondary N) is 2. The highest BCUT2D eigenvalue weighted by molar-refractivity contribution is 9.10. The fraction of sp³-hybridized carbons (Fsp3) is 0.588. The molecule has 6 nitrogen and oxygen atoms in total. The van der Waals surface area contributed by atoms with Gasteiger partial charge in [0, 0.05) is 29.6 Å². The zero-order valence-electron chi connectivity index (χ0n) is 14.7. The van der Waals surface area contributed by atoms with Crippen LogP contribution in [0, 0.1) is 0 Å². The van der Waals surface area contributed by atoms with Crippen molar-refractivity contribution in [3.63, 3.8) is 0 Å². The third kappa shape index (κ3) is 5.97. The van der Waals surface area contributed by atoms with Crippen LogP contribution in [0.15, 0.2) is 28.7 Å². The minimum absolute atomic E-state index is 0.000687. The van der Waals surface area contributed by atoms with Gasteiger partial charge in [-0.3, -0.25) is 0 Å². The second-order valence-electron chi connectivity index (χ2n) is 6.39. The van der Waals surface area contributed by atoms with Gasteiger partial charge < -0.3 is 10.6 Å². The maximum absolute atomic E-state index is 12.2. The molecule has 25 heavy (non-hydrogen) atoms. The van der Waals surface area contributed by atoms with E-state index in [0.717, 1.165) is 16.5 Å². The Labute approximate surface area is 158 Å². The van der Waals surface area contributed by atoms with Crippen molar-refractivity contribution in [3.8, 4) is 0 Å². The van der Waals surface area contributed by atoms with E-state index in [1.807, 2.05) is 31.2 Å². The zero-order valence-corrected chi connectivity index (χ0v) is 17.1. The van der Waals surface area contributed by atoms with Gasteiger partial charge in [0.1, 0.15) is 0 Å². The molecule has 0 radical (unpaired) electrons. The second kappa shape index (κ2) is 9.00. The molecule has 1 aliphatic rings. The summed E-state index contributed by atoms with van der Waals surface area (Å²) in [5.74, 6) is 0.123. The van der Waals surface area contributed by atoms with Crippen molar-refractivity contribution in [1.82, 2.24) is 14.9 Å². The number of hydrogen-bond donors (Lipinski definition) is 2. The number of carbonyl (C=O) groups excluding carboxylic acids is 1. The molecule has 1 heterocycles. The normalized spacial score (nSPS) is 17.9. The molecule has 1 atom stereocenters. The molecule has 2 rings (SSSR count). The molecule has 0 aliphatic carbocycles. The Bertz CT molecular complexity index is 688. The molecule has 1 aromatic rings. The first-order chi connectivity index (χ1) is 11.8. The van der Waals surface area contributed by atoms with Crippen molar-refractivity contribution in [2.24, 2.45) is 0 Å². The Morgan fingerprint density at radius 1 is 1.32 bits per heavy atom. The summed E-state index contributed by atoms with van der Waals surface area (Å²) < 4.78 is 26.3. The largest absolute Gasteiger partial charge is 0.335 e. The van der Waals surface area contributed by atoms with Crippen LogP contribution in [-0.4, -0.2) is 49.7 Å². The van der Waals surface area contributed by atoms with Gasteiger partial charge in [0.15, 0.2) is 0 Å². The van der Waals surface area contributed by atoms with Crippen LogP contribution in [0.3, 0.4) is 0 Å².